The first-order valence-electron chi connectivity index (χ1n) is 8.77. The van der Waals surface area contributed by atoms with Gasteiger partial charge in [0.05, 0.1) is 19.2 Å². The lowest BCUT2D eigenvalue weighted by Crippen LogP contribution is -2.34. The minimum Gasteiger partial charge on any atom is -0.496 e. The molecule has 1 amide bonds. The van der Waals surface area contributed by atoms with Gasteiger partial charge in [-0.05, 0) is 24.0 Å². The number of rotatable bonds is 8. The standard InChI is InChI=1S/C20H28N2O3/c1-14(2)10-20(23)22(12-15(3)4)13-16-11-19(25-21-16)17-8-6-7-9-18(17)24-5/h6-9,11,14-15H,10,12-13H2,1-5H3. The molecule has 0 aliphatic carbocycles. The first-order chi connectivity index (χ1) is 11.9. The zero-order chi connectivity index (χ0) is 18.4. The molecule has 0 bridgehead atoms. The molecule has 1 heterocycles. The fourth-order valence-corrected chi connectivity index (χ4v) is 2.73. The van der Waals surface area contributed by atoms with Crippen LogP contribution in [0, 0.1) is 11.8 Å². The zero-order valence-electron chi connectivity index (χ0n) is 15.8. The normalized spacial score (nSPS) is 11.2. The molecule has 25 heavy (non-hydrogen) atoms. The van der Waals surface area contributed by atoms with E-state index in [2.05, 4.69) is 32.9 Å². The van der Waals surface area contributed by atoms with E-state index >= 15 is 0 Å². The van der Waals surface area contributed by atoms with Crippen LogP contribution in [0.15, 0.2) is 34.9 Å². The molecule has 5 nitrogen and oxygen atoms in total. The summed E-state index contributed by atoms with van der Waals surface area (Å²) < 4.78 is 10.9. The molecule has 1 aromatic carbocycles. The molecule has 0 aliphatic heterocycles. The van der Waals surface area contributed by atoms with Gasteiger partial charge in [0.2, 0.25) is 5.91 Å². The highest BCUT2D eigenvalue weighted by Crippen LogP contribution is 2.30. The van der Waals surface area contributed by atoms with Crippen LogP contribution < -0.4 is 4.74 Å². The molecule has 0 spiro atoms. The lowest BCUT2D eigenvalue weighted by atomic mass is 10.1. The van der Waals surface area contributed by atoms with E-state index in [-0.39, 0.29) is 5.91 Å². The van der Waals surface area contributed by atoms with Crippen molar-refractivity contribution in [3.8, 4) is 17.1 Å². The molecule has 0 saturated heterocycles. The number of ether oxygens (including phenoxy) is 1. The number of carbonyl (C=O) groups excluding carboxylic acids is 1. The van der Waals surface area contributed by atoms with Crippen LogP contribution in [0.25, 0.3) is 11.3 Å². The molecule has 0 saturated carbocycles. The number of aromatic nitrogens is 1. The number of carbonyl (C=O) groups is 1. The van der Waals surface area contributed by atoms with E-state index in [0.717, 1.165) is 17.0 Å². The van der Waals surface area contributed by atoms with Gasteiger partial charge in [-0.1, -0.05) is 45.0 Å². The van der Waals surface area contributed by atoms with E-state index < -0.39 is 0 Å². The maximum absolute atomic E-state index is 12.5. The molecule has 5 heteroatoms. The Kier molecular flexibility index (Phi) is 6.62. The molecule has 0 atom stereocenters. The van der Waals surface area contributed by atoms with Crippen molar-refractivity contribution in [3.63, 3.8) is 0 Å². The molecular formula is C20H28N2O3. The van der Waals surface area contributed by atoms with Gasteiger partial charge in [-0.2, -0.15) is 0 Å². The number of methoxy groups -OCH3 is 1. The van der Waals surface area contributed by atoms with Crippen LogP contribution in [0.2, 0.25) is 0 Å². The van der Waals surface area contributed by atoms with Gasteiger partial charge in [0.15, 0.2) is 5.76 Å². The van der Waals surface area contributed by atoms with E-state index in [9.17, 15) is 4.79 Å². The summed E-state index contributed by atoms with van der Waals surface area (Å²) in [6.45, 7) is 9.50. The molecule has 0 N–H and O–H groups in total. The molecular weight excluding hydrogens is 316 g/mol. The highest BCUT2D eigenvalue weighted by Gasteiger charge is 2.19. The van der Waals surface area contributed by atoms with E-state index in [1.54, 1.807) is 7.11 Å². The van der Waals surface area contributed by atoms with Crippen molar-refractivity contribution >= 4 is 5.91 Å². The second kappa shape index (κ2) is 8.70. The molecule has 0 fully saturated rings. The van der Waals surface area contributed by atoms with Gasteiger partial charge in [0.1, 0.15) is 11.4 Å². The summed E-state index contributed by atoms with van der Waals surface area (Å²) >= 11 is 0. The molecule has 0 radical (unpaired) electrons. The van der Waals surface area contributed by atoms with E-state index in [0.29, 0.717) is 37.1 Å². The number of amides is 1. The van der Waals surface area contributed by atoms with Gasteiger partial charge in [-0.3, -0.25) is 4.79 Å². The van der Waals surface area contributed by atoms with Gasteiger partial charge >= 0.3 is 0 Å². The smallest absolute Gasteiger partial charge is 0.223 e. The Labute approximate surface area is 150 Å². The Morgan fingerprint density at radius 1 is 1.20 bits per heavy atom. The predicted molar refractivity (Wildman–Crippen MR) is 98.2 cm³/mol. The van der Waals surface area contributed by atoms with Crippen LogP contribution >= 0.6 is 0 Å². The minimum absolute atomic E-state index is 0.158. The van der Waals surface area contributed by atoms with Crippen molar-refractivity contribution in [3.05, 3.63) is 36.0 Å². The molecule has 136 valence electrons. The summed E-state index contributed by atoms with van der Waals surface area (Å²) in [6.07, 6.45) is 0.546. The average molecular weight is 344 g/mol. The highest BCUT2D eigenvalue weighted by atomic mass is 16.5. The number of hydrogen-bond donors (Lipinski definition) is 0. The Morgan fingerprint density at radius 2 is 1.92 bits per heavy atom. The lowest BCUT2D eigenvalue weighted by molar-refractivity contribution is -0.133. The van der Waals surface area contributed by atoms with E-state index in [4.69, 9.17) is 9.26 Å². The Bertz CT molecular complexity index is 692. The first-order valence-corrected chi connectivity index (χ1v) is 8.77. The summed E-state index contributed by atoms with van der Waals surface area (Å²) in [7, 11) is 1.63. The highest BCUT2D eigenvalue weighted by molar-refractivity contribution is 5.76. The van der Waals surface area contributed by atoms with Gasteiger partial charge in [0, 0.05) is 19.0 Å². The Morgan fingerprint density at radius 3 is 2.56 bits per heavy atom. The van der Waals surface area contributed by atoms with Crippen molar-refractivity contribution in [2.75, 3.05) is 13.7 Å². The summed E-state index contributed by atoms with van der Waals surface area (Å²) in [5.41, 5.74) is 1.60. The molecule has 2 rings (SSSR count). The molecule has 1 aromatic heterocycles. The number of benzene rings is 1. The molecule has 0 aliphatic rings. The van der Waals surface area contributed by atoms with Crippen molar-refractivity contribution in [1.29, 1.82) is 0 Å². The Balaban J connectivity index is 2.17. The van der Waals surface area contributed by atoms with Crippen LogP contribution in [0.1, 0.15) is 39.8 Å². The quantitative estimate of drug-likeness (QED) is 0.713. The van der Waals surface area contributed by atoms with Crippen LogP contribution in [-0.2, 0) is 11.3 Å². The average Bonchev–Trinajstić information content (AvgIpc) is 3.01. The number of nitrogens with zero attached hydrogens (tertiary/aromatic N) is 2. The maximum atomic E-state index is 12.5. The van der Waals surface area contributed by atoms with Crippen molar-refractivity contribution < 1.29 is 14.1 Å². The first kappa shape index (κ1) is 19.0. The topological polar surface area (TPSA) is 55.6 Å². The third-order valence-corrected chi connectivity index (χ3v) is 3.81. The summed E-state index contributed by atoms with van der Waals surface area (Å²) in [4.78, 5) is 14.4. The van der Waals surface area contributed by atoms with Gasteiger partial charge in [-0.15, -0.1) is 0 Å². The van der Waals surface area contributed by atoms with Crippen molar-refractivity contribution in [2.45, 2.75) is 40.7 Å². The second-order valence-electron chi connectivity index (χ2n) is 7.15. The largest absolute Gasteiger partial charge is 0.496 e. The molecule has 0 unspecified atom stereocenters. The second-order valence-corrected chi connectivity index (χ2v) is 7.15. The van der Waals surface area contributed by atoms with Crippen LogP contribution in [-0.4, -0.2) is 29.6 Å². The Hall–Kier alpha value is -2.30. The van der Waals surface area contributed by atoms with E-state index in [1.165, 1.54) is 0 Å². The monoisotopic (exact) mass is 344 g/mol. The number of hydrogen-bond acceptors (Lipinski definition) is 4. The molecule has 2 aromatic rings. The summed E-state index contributed by atoms with van der Waals surface area (Å²) in [6, 6.07) is 9.54. The van der Waals surface area contributed by atoms with Crippen LogP contribution in [0.5, 0.6) is 5.75 Å². The van der Waals surface area contributed by atoms with Crippen molar-refractivity contribution in [2.24, 2.45) is 11.8 Å². The third-order valence-electron chi connectivity index (χ3n) is 3.81. The van der Waals surface area contributed by atoms with Gasteiger partial charge in [0.25, 0.3) is 0 Å². The summed E-state index contributed by atoms with van der Waals surface area (Å²) in [5, 5.41) is 4.15. The number of para-hydroxylation sites is 1. The van der Waals surface area contributed by atoms with Crippen molar-refractivity contribution in [1.82, 2.24) is 10.1 Å². The van der Waals surface area contributed by atoms with Gasteiger partial charge < -0.3 is 14.2 Å². The third kappa shape index (κ3) is 5.34. The van der Waals surface area contributed by atoms with Crippen LogP contribution in [0.3, 0.4) is 0 Å². The summed E-state index contributed by atoms with van der Waals surface area (Å²) in [5.74, 6) is 2.28. The van der Waals surface area contributed by atoms with Gasteiger partial charge in [-0.25, -0.2) is 0 Å². The predicted octanol–water partition coefficient (Wildman–Crippen LogP) is 4.38. The maximum Gasteiger partial charge on any atom is 0.223 e. The van der Waals surface area contributed by atoms with Crippen LogP contribution in [0.4, 0.5) is 0 Å². The fourth-order valence-electron chi connectivity index (χ4n) is 2.73. The fraction of sp³-hybridized carbons (Fsp3) is 0.500. The zero-order valence-corrected chi connectivity index (χ0v) is 15.8. The SMILES string of the molecule is COc1ccccc1-c1cc(CN(CC(C)C)C(=O)CC(C)C)no1. The minimum atomic E-state index is 0.158. The lowest BCUT2D eigenvalue weighted by Gasteiger charge is -2.24. The van der Waals surface area contributed by atoms with E-state index in [1.807, 2.05) is 35.2 Å².